The summed E-state index contributed by atoms with van der Waals surface area (Å²) in [5.41, 5.74) is 2.15. The lowest BCUT2D eigenvalue weighted by Crippen LogP contribution is -2.24. The first kappa shape index (κ1) is 19.5. The van der Waals surface area contributed by atoms with E-state index in [4.69, 9.17) is 0 Å². The molecule has 0 aliphatic carbocycles. The number of sulfonamides is 1. The van der Waals surface area contributed by atoms with Crippen LogP contribution >= 0.6 is 0 Å². The minimum atomic E-state index is -3.69. The number of methoxy groups -OCH3 is 1. The zero-order chi connectivity index (χ0) is 19.2. The summed E-state index contributed by atoms with van der Waals surface area (Å²) in [5, 5.41) is 0. The molecule has 0 radical (unpaired) electrons. The summed E-state index contributed by atoms with van der Waals surface area (Å²) in [7, 11) is 1.48. The lowest BCUT2D eigenvalue weighted by Gasteiger charge is -2.11. The van der Waals surface area contributed by atoms with Crippen molar-refractivity contribution in [2.24, 2.45) is 0 Å². The second kappa shape index (κ2) is 8.52. The lowest BCUT2D eigenvalue weighted by atomic mass is 10.2. The van der Waals surface area contributed by atoms with Gasteiger partial charge in [0.05, 0.1) is 24.1 Å². The topological polar surface area (TPSA) is 75.7 Å². The first-order valence-corrected chi connectivity index (χ1v) is 9.26. The summed E-state index contributed by atoms with van der Waals surface area (Å²) in [6, 6.07) is 13.1. The molecule has 0 aliphatic heterocycles. The minimum Gasteiger partial charge on any atom is -0.465 e. The normalized spacial score (nSPS) is 10.6. The molecule has 2 aromatic rings. The van der Waals surface area contributed by atoms with Crippen LogP contribution in [0, 0.1) is 11.8 Å². The number of ether oxygens (including phenoxy) is 1. The van der Waals surface area contributed by atoms with E-state index in [0.29, 0.717) is 0 Å². The largest absolute Gasteiger partial charge is 0.465 e. The molecular formula is C19H20N2O4S. The number of nitrogens with zero attached hydrogens (tertiary/aromatic N) is 1. The molecule has 26 heavy (non-hydrogen) atoms. The zero-order valence-electron chi connectivity index (χ0n) is 14.8. The van der Waals surface area contributed by atoms with Crippen LogP contribution in [0.1, 0.15) is 15.9 Å². The first-order valence-electron chi connectivity index (χ1n) is 7.78. The summed E-state index contributed by atoms with van der Waals surface area (Å²) in [5.74, 6) is 5.18. The molecule has 0 saturated carbocycles. The molecule has 0 aliphatic rings. The SMILES string of the molecule is COC(=O)c1ccc(S(=O)(=O)NCC#Cc2ccc(N(C)C)cc2)cc1. The summed E-state index contributed by atoms with van der Waals surface area (Å²) >= 11 is 0. The molecule has 1 N–H and O–H groups in total. The highest BCUT2D eigenvalue weighted by atomic mass is 32.2. The van der Waals surface area contributed by atoms with Crippen molar-refractivity contribution in [1.29, 1.82) is 0 Å². The number of rotatable bonds is 5. The van der Waals surface area contributed by atoms with Gasteiger partial charge in [0.1, 0.15) is 0 Å². The maximum absolute atomic E-state index is 12.2. The van der Waals surface area contributed by atoms with Crippen molar-refractivity contribution in [2.75, 3.05) is 32.6 Å². The Morgan fingerprint density at radius 3 is 2.23 bits per heavy atom. The number of carbonyl (C=O) groups is 1. The maximum atomic E-state index is 12.2. The van der Waals surface area contributed by atoms with E-state index in [-0.39, 0.29) is 17.0 Å². The molecular weight excluding hydrogens is 352 g/mol. The molecule has 0 amide bonds. The van der Waals surface area contributed by atoms with Crippen LogP contribution in [0.15, 0.2) is 53.4 Å². The van der Waals surface area contributed by atoms with Crippen molar-refractivity contribution in [1.82, 2.24) is 4.72 Å². The summed E-state index contributed by atoms with van der Waals surface area (Å²) in [4.78, 5) is 13.4. The molecule has 0 saturated heterocycles. The predicted octanol–water partition coefficient (Wildman–Crippen LogP) is 1.87. The van der Waals surface area contributed by atoms with Crippen molar-refractivity contribution in [2.45, 2.75) is 4.90 Å². The molecule has 7 heteroatoms. The van der Waals surface area contributed by atoms with Crippen LogP contribution in [0.25, 0.3) is 0 Å². The monoisotopic (exact) mass is 372 g/mol. The Bertz CT molecular complexity index is 922. The molecule has 0 heterocycles. The predicted molar refractivity (Wildman–Crippen MR) is 101 cm³/mol. The van der Waals surface area contributed by atoms with Gasteiger partial charge in [0.25, 0.3) is 0 Å². The molecule has 0 fully saturated rings. The van der Waals surface area contributed by atoms with Gasteiger partial charge in [-0.1, -0.05) is 11.8 Å². The fraction of sp³-hybridized carbons (Fsp3) is 0.211. The summed E-state index contributed by atoms with van der Waals surface area (Å²) in [6.07, 6.45) is 0. The van der Waals surface area contributed by atoms with Crippen LogP contribution in [0.4, 0.5) is 5.69 Å². The molecule has 6 nitrogen and oxygen atoms in total. The van der Waals surface area contributed by atoms with Crippen LogP contribution < -0.4 is 9.62 Å². The highest BCUT2D eigenvalue weighted by Gasteiger charge is 2.14. The fourth-order valence-electron chi connectivity index (χ4n) is 2.09. The molecule has 0 atom stereocenters. The van der Waals surface area contributed by atoms with Gasteiger partial charge in [-0.05, 0) is 48.5 Å². The Balaban J connectivity index is 1.99. The second-order valence-electron chi connectivity index (χ2n) is 5.58. The van der Waals surface area contributed by atoms with Crippen molar-refractivity contribution in [3.63, 3.8) is 0 Å². The number of nitrogens with one attached hydrogen (secondary N) is 1. The molecule has 0 spiro atoms. The Morgan fingerprint density at radius 1 is 1.08 bits per heavy atom. The van der Waals surface area contributed by atoms with Gasteiger partial charge < -0.3 is 9.64 Å². The van der Waals surface area contributed by atoms with E-state index in [9.17, 15) is 13.2 Å². The molecule has 2 aromatic carbocycles. The lowest BCUT2D eigenvalue weighted by molar-refractivity contribution is 0.0600. The molecule has 0 aromatic heterocycles. The Morgan fingerprint density at radius 2 is 1.69 bits per heavy atom. The number of esters is 1. The minimum absolute atomic E-state index is 0.0173. The van der Waals surface area contributed by atoms with Crippen LogP contribution in [-0.4, -0.2) is 42.1 Å². The van der Waals surface area contributed by atoms with E-state index in [1.165, 1.54) is 31.4 Å². The molecule has 0 bridgehead atoms. The number of hydrogen-bond donors (Lipinski definition) is 1. The van der Waals surface area contributed by atoms with E-state index >= 15 is 0 Å². The molecule has 2 rings (SSSR count). The number of anilines is 1. The second-order valence-corrected chi connectivity index (χ2v) is 7.35. The quantitative estimate of drug-likeness (QED) is 0.641. The first-order chi connectivity index (χ1) is 12.3. The van der Waals surface area contributed by atoms with Gasteiger partial charge in [0.15, 0.2) is 0 Å². The maximum Gasteiger partial charge on any atom is 0.337 e. The van der Waals surface area contributed by atoms with E-state index in [2.05, 4.69) is 21.3 Å². The van der Waals surface area contributed by atoms with Crippen LogP contribution in [0.2, 0.25) is 0 Å². The molecule has 136 valence electrons. The Hall–Kier alpha value is -2.82. The van der Waals surface area contributed by atoms with Crippen LogP contribution in [-0.2, 0) is 14.8 Å². The van der Waals surface area contributed by atoms with E-state index in [1.807, 2.05) is 43.3 Å². The third-order valence-electron chi connectivity index (χ3n) is 3.55. The summed E-state index contributed by atoms with van der Waals surface area (Å²) in [6.45, 7) is -0.0173. The Labute approximate surface area is 153 Å². The zero-order valence-corrected chi connectivity index (χ0v) is 15.6. The number of carbonyl (C=O) groups excluding carboxylic acids is 1. The van der Waals surface area contributed by atoms with Gasteiger partial charge in [0, 0.05) is 25.3 Å². The van der Waals surface area contributed by atoms with Crippen LogP contribution in [0.5, 0.6) is 0 Å². The van der Waals surface area contributed by atoms with E-state index < -0.39 is 16.0 Å². The highest BCUT2D eigenvalue weighted by molar-refractivity contribution is 7.89. The average Bonchev–Trinajstić information content (AvgIpc) is 2.65. The van der Waals surface area contributed by atoms with Crippen molar-refractivity contribution in [3.8, 4) is 11.8 Å². The van der Waals surface area contributed by atoms with Crippen LogP contribution in [0.3, 0.4) is 0 Å². The average molecular weight is 372 g/mol. The Kier molecular flexibility index (Phi) is 6.39. The highest BCUT2D eigenvalue weighted by Crippen LogP contribution is 2.12. The third kappa shape index (κ3) is 5.09. The van der Waals surface area contributed by atoms with Crippen molar-refractivity contribution < 1.29 is 17.9 Å². The number of hydrogen-bond acceptors (Lipinski definition) is 5. The number of benzene rings is 2. The van der Waals surface area contributed by atoms with E-state index in [1.54, 1.807) is 0 Å². The smallest absolute Gasteiger partial charge is 0.337 e. The van der Waals surface area contributed by atoms with E-state index in [0.717, 1.165) is 11.3 Å². The van der Waals surface area contributed by atoms with Gasteiger partial charge in [-0.3, -0.25) is 0 Å². The standard InChI is InChI=1S/C19H20N2O4S/c1-21(2)17-10-6-15(7-11-17)5-4-14-20-26(23,24)18-12-8-16(9-13-18)19(22)25-3/h6-13,20H,14H2,1-3H3. The molecule has 0 unspecified atom stereocenters. The van der Waals surface area contributed by atoms with Gasteiger partial charge in [-0.25, -0.2) is 13.2 Å². The van der Waals surface area contributed by atoms with Gasteiger partial charge >= 0.3 is 5.97 Å². The van der Waals surface area contributed by atoms with Crippen molar-refractivity contribution >= 4 is 21.7 Å². The van der Waals surface area contributed by atoms with Gasteiger partial charge in [-0.2, -0.15) is 4.72 Å². The van der Waals surface area contributed by atoms with Crippen molar-refractivity contribution in [3.05, 3.63) is 59.7 Å². The summed E-state index contributed by atoms with van der Waals surface area (Å²) < 4.78 is 31.4. The van der Waals surface area contributed by atoms with Gasteiger partial charge in [-0.15, -0.1) is 0 Å². The van der Waals surface area contributed by atoms with Gasteiger partial charge in [0.2, 0.25) is 10.0 Å². The third-order valence-corrected chi connectivity index (χ3v) is 4.97. The fourth-order valence-corrected chi connectivity index (χ4v) is 3.01.